The van der Waals surface area contributed by atoms with E-state index in [9.17, 15) is 4.79 Å². The second-order valence-corrected chi connectivity index (χ2v) is 5.14. The zero-order valence-corrected chi connectivity index (χ0v) is 13.0. The first-order chi connectivity index (χ1) is 10.1. The van der Waals surface area contributed by atoms with Gasteiger partial charge < -0.3 is 5.32 Å². The van der Waals surface area contributed by atoms with E-state index in [0.29, 0.717) is 10.7 Å². The maximum atomic E-state index is 12.0. The van der Waals surface area contributed by atoms with Gasteiger partial charge in [0.25, 0.3) is 5.91 Å². The molecule has 1 amide bonds. The average Bonchev–Trinajstić information content (AvgIpc) is 2.48. The monoisotopic (exact) mass is 298 g/mol. The van der Waals surface area contributed by atoms with E-state index in [1.807, 2.05) is 30.3 Å². The highest BCUT2D eigenvalue weighted by Gasteiger charge is 2.09. The molecule has 0 bridgehead atoms. The van der Waals surface area contributed by atoms with Crippen molar-refractivity contribution in [3.05, 3.63) is 65.2 Å². The third-order valence-electron chi connectivity index (χ3n) is 3.28. The highest BCUT2D eigenvalue weighted by molar-refractivity contribution is 7.80. The molecule has 0 spiro atoms. The van der Waals surface area contributed by atoms with Crippen LogP contribution in [0.15, 0.2) is 48.5 Å². The quantitative estimate of drug-likeness (QED) is 0.849. The first kappa shape index (κ1) is 15.2. The van der Waals surface area contributed by atoms with Crippen LogP contribution in [0, 0.1) is 6.92 Å². The zero-order valence-electron chi connectivity index (χ0n) is 12.1. The average molecular weight is 298 g/mol. The second-order valence-electron chi connectivity index (χ2n) is 4.73. The maximum absolute atomic E-state index is 12.0. The largest absolute Gasteiger partial charge is 0.332 e. The molecule has 0 aliphatic heterocycles. The van der Waals surface area contributed by atoms with Gasteiger partial charge in [-0.25, -0.2) is 0 Å². The molecule has 0 atom stereocenters. The third-order valence-corrected chi connectivity index (χ3v) is 3.48. The van der Waals surface area contributed by atoms with E-state index < -0.39 is 0 Å². The first-order valence-corrected chi connectivity index (χ1v) is 7.28. The molecule has 4 heteroatoms. The summed E-state index contributed by atoms with van der Waals surface area (Å²) in [5, 5.41) is 6.11. The van der Waals surface area contributed by atoms with Gasteiger partial charge in [0.15, 0.2) is 5.11 Å². The molecule has 0 unspecified atom stereocenters. The van der Waals surface area contributed by atoms with Crippen molar-refractivity contribution in [1.82, 2.24) is 5.32 Å². The van der Waals surface area contributed by atoms with Crippen LogP contribution in [0.4, 0.5) is 5.69 Å². The van der Waals surface area contributed by atoms with E-state index in [4.69, 9.17) is 12.2 Å². The number of thiocarbonyl (C=S) groups is 1. The van der Waals surface area contributed by atoms with Crippen LogP contribution >= 0.6 is 12.2 Å². The summed E-state index contributed by atoms with van der Waals surface area (Å²) >= 11 is 5.22. The summed E-state index contributed by atoms with van der Waals surface area (Å²) in [6.07, 6.45) is 0.907. The number of hydrogen-bond donors (Lipinski definition) is 2. The normalized spacial score (nSPS) is 10.0. The van der Waals surface area contributed by atoms with Gasteiger partial charge in [-0.2, -0.15) is 0 Å². The minimum atomic E-state index is -0.209. The van der Waals surface area contributed by atoms with Gasteiger partial charge in [0, 0.05) is 11.3 Å². The van der Waals surface area contributed by atoms with Crippen LogP contribution < -0.4 is 10.6 Å². The molecule has 0 saturated carbocycles. The van der Waals surface area contributed by atoms with Crippen LogP contribution in [0.2, 0.25) is 0 Å². The Morgan fingerprint density at radius 3 is 2.48 bits per heavy atom. The van der Waals surface area contributed by atoms with Crippen molar-refractivity contribution in [3.8, 4) is 0 Å². The van der Waals surface area contributed by atoms with Gasteiger partial charge >= 0.3 is 0 Å². The summed E-state index contributed by atoms with van der Waals surface area (Å²) in [5.74, 6) is -0.209. The molecule has 0 radical (unpaired) electrons. The van der Waals surface area contributed by atoms with E-state index >= 15 is 0 Å². The zero-order chi connectivity index (χ0) is 15.2. The maximum Gasteiger partial charge on any atom is 0.257 e. The highest BCUT2D eigenvalue weighted by atomic mass is 32.1. The molecule has 0 heterocycles. The molecular weight excluding hydrogens is 280 g/mol. The van der Waals surface area contributed by atoms with Crippen molar-refractivity contribution in [2.45, 2.75) is 20.3 Å². The fourth-order valence-electron chi connectivity index (χ4n) is 2.21. The van der Waals surface area contributed by atoms with Crippen molar-refractivity contribution in [3.63, 3.8) is 0 Å². The first-order valence-electron chi connectivity index (χ1n) is 6.87. The Labute approximate surface area is 130 Å². The Morgan fingerprint density at radius 1 is 1.10 bits per heavy atom. The minimum Gasteiger partial charge on any atom is -0.332 e. The van der Waals surface area contributed by atoms with Crippen LogP contribution in [-0.4, -0.2) is 11.0 Å². The van der Waals surface area contributed by atoms with Crippen molar-refractivity contribution in [2.24, 2.45) is 0 Å². The summed E-state index contributed by atoms with van der Waals surface area (Å²) < 4.78 is 0. The van der Waals surface area contributed by atoms with Gasteiger partial charge in [0.1, 0.15) is 0 Å². The molecule has 108 valence electrons. The Balaban J connectivity index is 2.06. The molecule has 21 heavy (non-hydrogen) atoms. The Morgan fingerprint density at radius 2 is 1.81 bits per heavy atom. The fourth-order valence-corrected chi connectivity index (χ4v) is 2.41. The number of hydrogen-bond acceptors (Lipinski definition) is 2. The number of nitrogens with one attached hydrogen (secondary N) is 2. The van der Waals surface area contributed by atoms with Crippen LogP contribution in [0.5, 0.6) is 0 Å². The summed E-state index contributed by atoms with van der Waals surface area (Å²) in [4.78, 5) is 12.0. The fraction of sp³-hybridized carbons (Fsp3) is 0.176. The molecule has 0 fully saturated rings. The van der Waals surface area contributed by atoms with Gasteiger partial charge in [0.2, 0.25) is 0 Å². The Hall–Kier alpha value is -2.20. The number of rotatable bonds is 3. The number of anilines is 1. The van der Waals surface area contributed by atoms with E-state index in [0.717, 1.165) is 12.1 Å². The molecule has 0 saturated heterocycles. The molecule has 2 N–H and O–H groups in total. The molecular formula is C17H18N2OS. The molecule has 2 aromatic carbocycles. The Kier molecular flexibility index (Phi) is 5.06. The van der Waals surface area contributed by atoms with E-state index in [-0.39, 0.29) is 5.91 Å². The molecule has 0 aliphatic carbocycles. The number of aryl methyl sites for hydroxylation is 1. The lowest BCUT2D eigenvalue weighted by molar-refractivity contribution is 0.0977. The molecule has 2 rings (SSSR count). The van der Waals surface area contributed by atoms with Gasteiger partial charge in [-0.3, -0.25) is 10.1 Å². The van der Waals surface area contributed by atoms with Crippen LogP contribution in [0.25, 0.3) is 0 Å². The summed E-state index contributed by atoms with van der Waals surface area (Å²) in [6.45, 7) is 4.16. The lowest BCUT2D eigenvalue weighted by Gasteiger charge is -2.14. The van der Waals surface area contributed by atoms with Gasteiger partial charge in [-0.05, 0) is 54.9 Å². The predicted octanol–water partition coefficient (Wildman–Crippen LogP) is 3.68. The molecule has 0 aliphatic rings. The number of benzene rings is 2. The molecule has 0 aromatic heterocycles. The highest BCUT2D eigenvalue weighted by Crippen LogP contribution is 2.19. The van der Waals surface area contributed by atoms with Crippen molar-refractivity contribution >= 4 is 28.9 Å². The predicted molar refractivity (Wildman–Crippen MR) is 90.7 cm³/mol. The van der Waals surface area contributed by atoms with Crippen molar-refractivity contribution in [1.29, 1.82) is 0 Å². The second kappa shape index (κ2) is 6.99. The third kappa shape index (κ3) is 3.89. The van der Waals surface area contributed by atoms with Crippen LogP contribution in [0.3, 0.4) is 0 Å². The van der Waals surface area contributed by atoms with Gasteiger partial charge in [-0.1, -0.05) is 37.3 Å². The summed E-state index contributed by atoms with van der Waals surface area (Å²) in [5.41, 5.74) is 3.94. The number of carbonyl (C=O) groups is 1. The summed E-state index contributed by atoms with van der Waals surface area (Å²) in [6, 6.07) is 15.0. The summed E-state index contributed by atoms with van der Waals surface area (Å²) in [7, 11) is 0. The van der Waals surface area contributed by atoms with E-state index in [1.54, 1.807) is 12.1 Å². The minimum absolute atomic E-state index is 0.209. The van der Waals surface area contributed by atoms with Crippen LogP contribution in [0.1, 0.15) is 28.4 Å². The van der Waals surface area contributed by atoms with Gasteiger partial charge in [-0.15, -0.1) is 0 Å². The SMILES string of the molecule is CCc1c(C)cccc1NC(=S)NC(=O)c1ccccc1. The topological polar surface area (TPSA) is 41.1 Å². The lowest BCUT2D eigenvalue weighted by atomic mass is 10.0. The van der Waals surface area contributed by atoms with Gasteiger partial charge in [0.05, 0.1) is 0 Å². The molecule has 3 nitrogen and oxygen atoms in total. The van der Waals surface area contributed by atoms with E-state index in [1.165, 1.54) is 11.1 Å². The Bertz CT molecular complexity index is 653. The van der Waals surface area contributed by atoms with Crippen molar-refractivity contribution in [2.75, 3.05) is 5.32 Å². The number of carbonyl (C=O) groups excluding carboxylic acids is 1. The smallest absolute Gasteiger partial charge is 0.257 e. The lowest BCUT2D eigenvalue weighted by Crippen LogP contribution is -2.34. The number of amides is 1. The van der Waals surface area contributed by atoms with E-state index in [2.05, 4.69) is 30.5 Å². The standard InChI is InChI=1S/C17H18N2OS/c1-3-14-12(2)8-7-11-15(14)18-17(21)19-16(20)13-9-5-4-6-10-13/h4-11H,3H2,1-2H3,(H2,18,19,20,21). The van der Waals surface area contributed by atoms with Crippen molar-refractivity contribution < 1.29 is 4.79 Å². The molecule has 2 aromatic rings. The van der Waals surface area contributed by atoms with Crippen LogP contribution in [-0.2, 0) is 6.42 Å².